The van der Waals surface area contributed by atoms with E-state index in [0.717, 1.165) is 11.8 Å². The highest BCUT2D eigenvalue weighted by atomic mass is 32.2. The zero-order valence-electron chi connectivity index (χ0n) is 9.73. The first-order valence-electron chi connectivity index (χ1n) is 5.05. The van der Waals surface area contributed by atoms with Crippen molar-refractivity contribution in [3.05, 3.63) is 29.3 Å². The lowest BCUT2D eigenvalue weighted by Gasteiger charge is -2.09. The molecular formula is C11H15NO4S. The molecule has 0 saturated carbocycles. The van der Waals surface area contributed by atoms with Gasteiger partial charge in [-0.1, -0.05) is 6.07 Å². The van der Waals surface area contributed by atoms with Gasteiger partial charge in [0.05, 0.1) is 11.3 Å². The van der Waals surface area contributed by atoms with E-state index in [1.54, 1.807) is 12.1 Å². The Balaban J connectivity index is 2.82. The molecule has 1 aromatic rings. The number of carboxylic acid groups (broad SMARTS) is 1. The van der Waals surface area contributed by atoms with Gasteiger partial charge in [0.2, 0.25) is 0 Å². The molecule has 1 rings (SSSR count). The number of carboxylic acids is 1. The zero-order chi connectivity index (χ0) is 13.1. The van der Waals surface area contributed by atoms with Gasteiger partial charge in [-0.05, 0) is 24.6 Å². The van der Waals surface area contributed by atoms with Crippen LogP contribution in [0.1, 0.15) is 15.9 Å². The molecule has 0 radical (unpaired) electrons. The van der Waals surface area contributed by atoms with Crippen molar-refractivity contribution in [3.63, 3.8) is 0 Å². The van der Waals surface area contributed by atoms with Gasteiger partial charge in [0.25, 0.3) is 0 Å². The van der Waals surface area contributed by atoms with Gasteiger partial charge >= 0.3 is 5.97 Å². The number of nitrogens with one attached hydrogen (secondary N) is 1. The van der Waals surface area contributed by atoms with Crippen molar-refractivity contribution in [2.24, 2.45) is 0 Å². The van der Waals surface area contributed by atoms with Gasteiger partial charge in [-0.25, -0.2) is 13.2 Å². The number of carbonyl (C=O) groups is 1. The molecule has 0 aromatic heterocycles. The monoisotopic (exact) mass is 257 g/mol. The smallest absolute Gasteiger partial charge is 0.337 e. The Bertz CT molecular complexity index is 522. The van der Waals surface area contributed by atoms with Crippen LogP contribution in [0.3, 0.4) is 0 Å². The molecule has 0 spiro atoms. The Morgan fingerprint density at radius 3 is 2.59 bits per heavy atom. The van der Waals surface area contributed by atoms with Crippen molar-refractivity contribution in [1.29, 1.82) is 0 Å². The number of benzene rings is 1. The fourth-order valence-corrected chi connectivity index (χ4v) is 1.83. The summed E-state index contributed by atoms with van der Waals surface area (Å²) in [6.45, 7) is 2.04. The number of aryl methyl sites for hydroxylation is 1. The second-order valence-corrected chi connectivity index (χ2v) is 6.17. The van der Waals surface area contributed by atoms with Crippen LogP contribution in [0.15, 0.2) is 18.2 Å². The summed E-state index contributed by atoms with van der Waals surface area (Å²) in [5.41, 5.74) is 1.50. The topological polar surface area (TPSA) is 83.5 Å². The van der Waals surface area contributed by atoms with Crippen LogP contribution in [0.25, 0.3) is 0 Å². The average molecular weight is 257 g/mol. The molecule has 94 valence electrons. The number of rotatable bonds is 5. The Kier molecular flexibility index (Phi) is 4.11. The van der Waals surface area contributed by atoms with E-state index in [0.29, 0.717) is 5.69 Å². The first-order chi connectivity index (χ1) is 7.79. The summed E-state index contributed by atoms with van der Waals surface area (Å²) in [5, 5.41) is 11.8. The van der Waals surface area contributed by atoms with Crippen LogP contribution >= 0.6 is 0 Å². The highest BCUT2D eigenvalue weighted by Crippen LogP contribution is 2.17. The van der Waals surface area contributed by atoms with Crippen LogP contribution in [0.4, 0.5) is 5.69 Å². The van der Waals surface area contributed by atoms with E-state index >= 15 is 0 Å². The van der Waals surface area contributed by atoms with Crippen LogP contribution in [-0.4, -0.2) is 38.0 Å². The number of aromatic carboxylic acids is 1. The first kappa shape index (κ1) is 13.5. The normalized spacial score (nSPS) is 11.2. The van der Waals surface area contributed by atoms with Crippen LogP contribution in [0, 0.1) is 6.92 Å². The van der Waals surface area contributed by atoms with E-state index in [1.807, 2.05) is 6.92 Å². The highest BCUT2D eigenvalue weighted by Gasteiger charge is 2.10. The number of hydrogen-bond acceptors (Lipinski definition) is 4. The minimum Gasteiger partial charge on any atom is -0.478 e. The van der Waals surface area contributed by atoms with Gasteiger partial charge in [-0.2, -0.15) is 0 Å². The quantitative estimate of drug-likeness (QED) is 0.826. The lowest BCUT2D eigenvalue weighted by molar-refractivity contribution is 0.0698. The summed E-state index contributed by atoms with van der Waals surface area (Å²) < 4.78 is 21.9. The largest absolute Gasteiger partial charge is 0.478 e. The minimum absolute atomic E-state index is 0.0278. The van der Waals surface area contributed by atoms with E-state index in [4.69, 9.17) is 5.11 Å². The molecule has 0 unspecified atom stereocenters. The molecule has 0 amide bonds. The minimum atomic E-state index is -3.05. The van der Waals surface area contributed by atoms with Crippen molar-refractivity contribution in [3.8, 4) is 0 Å². The Hall–Kier alpha value is -1.56. The third kappa shape index (κ3) is 4.44. The fraction of sp³-hybridized carbons (Fsp3) is 0.364. The maximum absolute atomic E-state index is 11.0. The van der Waals surface area contributed by atoms with Crippen molar-refractivity contribution < 1.29 is 18.3 Å². The van der Waals surface area contributed by atoms with Gasteiger partial charge in [0.15, 0.2) is 0 Å². The maximum Gasteiger partial charge on any atom is 0.337 e. The van der Waals surface area contributed by atoms with Crippen LogP contribution in [-0.2, 0) is 9.84 Å². The number of sulfone groups is 1. The molecule has 0 fully saturated rings. The van der Waals surface area contributed by atoms with E-state index < -0.39 is 15.8 Å². The van der Waals surface area contributed by atoms with Crippen LogP contribution in [0.2, 0.25) is 0 Å². The summed E-state index contributed by atoms with van der Waals surface area (Å²) in [6.07, 6.45) is 1.14. The number of anilines is 1. The van der Waals surface area contributed by atoms with Crippen molar-refractivity contribution in [1.82, 2.24) is 0 Å². The molecule has 0 aliphatic heterocycles. The Morgan fingerprint density at radius 2 is 2.06 bits per heavy atom. The zero-order valence-corrected chi connectivity index (χ0v) is 10.5. The Morgan fingerprint density at radius 1 is 1.41 bits per heavy atom. The lowest BCUT2D eigenvalue weighted by Crippen LogP contribution is -2.16. The predicted octanol–water partition coefficient (Wildman–Crippen LogP) is 1.15. The number of hydrogen-bond donors (Lipinski definition) is 2. The molecule has 0 atom stereocenters. The van der Waals surface area contributed by atoms with Crippen molar-refractivity contribution in [2.75, 3.05) is 23.9 Å². The molecule has 0 heterocycles. The fourth-order valence-electron chi connectivity index (χ4n) is 1.36. The van der Waals surface area contributed by atoms with Crippen molar-refractivity contribution >= 4 is 21.5 Å². The van der Waals surface area contributed by atoms with Crippen molar-refractivity contribution in [2.45, 2.75) is 6.92 Å². The van der Waals surface area contributed by atoms with Gasteiger partial charge in [0, 0.05) is 18.5 Å². The summed E-state index contributed by atoms with van der Waals surface area (Å²) in [6, 6.07) is 4.89. The standard InChI is InChI=1S/C11H15NO4S/c1-8-3-4-9(11(13)14)10(7-8)12-5-6-17(2,15)16/h3-4,7,12H,5-6H2,1-2H3,(H,13,14). The molecule has 2 N–H and O–H groups in total. The average Bonchev–Trinajstić information content (AvgIpc) is 2.15. The second-order valence-electron chi connectivity index (χ2n) is 3.91. The molecule has 0 bridgehead atoms. The molecule has 1 aromatic carbocycles. The first-order valence-corrected chi connectivity index (χ1v) is 7.11. The summed E-state index contributed by atoms with van der Waals surface area (Å²) in [4.78, 5) is 10.9. The lowest BCUT2D eigenvalue weighted by atomic mass is 10.1. The van der Waals surface area contributed by atoms with Gasteiger partial charge in [0.1, 0.15) is 9.84 Å². The summed E-state index contributed by atoms with van der Waals surface area (Å²) in [7, 11) is -3.05. The van der Waals surface area contributed by atoms with E-state index in [1.165, 1.54) is 6.07 Å². The van der Waals surface area contributed by atoms with E-state index in [2.05, 4.69) is 5.32 Å². The maximum atomic E-state index is 11.0. The van der Waals surface area contributed by atoms with Gasteiger partial charge < -0.3 is 10.4 Å². The molecule has 5 nitrogen and oxygen atoms in total. The third-order valence-corrected chi connectivity index (χ3v) is 3.14. The molecule has 0 saturated heterocycles. The third-order valence-electron chi connectivity index (χ3n) is 2.19. The molecule has 0 aliphatic rings. The molecule has 6 heteroatoms. The second kappa shape index (κ2) is 5.18. The molecule has 0 aliphatic carbocycles. The molecule has 17 heavy (non-hydrogen) atoms. The summed E-state index contributed by atoms with van der Waals surface area (Å²) >= 11 is 0. The molecular weight excluding hydrogens is 242 g/mol. The van der Waals surface area contributed by atoms with E-state index in [-0.39, 0.29) is 17.9 Å². The van der Waals surface area contributed by atoms with Crippen LogP contribution in [0.5, 0.6) is 0 Å². The van der Waals surface area contributed by atoms with E-state index in [9.17, 15) is 13.2 Å². The van der Waals surface area contributed by atoms with Crippen LogP contribution < -0.4 is 5.32 Å². The predicted molar refractivity (Wildman–Crippen MR) is 66.3 cm³/mol. The van der Waals surface area contributed by atoms with Gasteiger partial charge in [-0.3, -0.25) is 0 Å². The summed E-state index contributed by atoms with van der Waals surface area (Å²) in [5.74, 6) is -1.06. The Labute approximate surface area is 100 Å². The highest BCUT2D eigenvalue weighted by molar-refractivity contribution is 7.90. The van der Waals surface area contributed by atoms with Gasteiger partial charge in [-0.15, -0.1) is 0 Å². The SMILES string of the molecule is Cc1ccc(C(=O)O)c(NCCS(C)(=O)=O)c1.